The Balaban J connectivity index is 2.14. The van der Waals surface area contributed by atoms with Gasteiger partial charge in [0.1, 0.15) is 11.6 Å². The third-order valence-electron chi connectivity index (χ3n) is 3.26. The van der Waals surface area contributed by atoms with Crippen molar-refractivity contribution in [2.75, 3.05) is 12.4 Å². The van der Waals surface area contributed by atoms with Crippen molar-refractivity contribution in [3.63, 3.8) is 0 Å². The number of hydrogen-bond acceptors (Lipinski definition) is 4. The number of halogens is 4. The van der Waals surface area contributed by atoms with Crippen LogP contribution in [0.4, 0.5) is 24.7 Å². The van der Waals surface area contributed by atoms with Crippen molar-refractivity contribution in [2.45, 2.75) is 6.18 Å². The van der Waals surface area contributed by atoms with Crippen LogP contribution in [0.5, 0.6) is 5.75 Å². The first kappa shape index (κ1) is 16.5. The van der Waals surface area contributed by atoms with Gasteiger partial charge in [-0.2, -0.15) is 13.2 Å². The Kier molecular flexibility index (Phi) is 4.31. The number of nitrogens with one attached hydrogen (secondary N) is 1. The molecule has 0 aliphatic rings. The number of aromatic nitrogens is 2. The fourth-order valence-electron chi connectivity index (χ4n) is 2.13. The predicted molar refractivity (Wildman–Crippen MR) is 88.5 cm³/mol. The fourth-order valence-corrected chi connectivity index (χ4v) is 2.39. The molecule has 0 radical (unpaired) electrons. The van der Waals surface area contributed by atoms with Gasteiger partial charge in [0.2, 0.25) is 5.82 Å². The summed E-state index contributed by atoms with van der Waals surface area (Å²) < 4.78 is 45.2. The molecule has 0 unspecified atom stereocenters. The Morgan fingerprint density at radius 3 is 2.38 bits per heavy atom. The summed E-state index contributed by atoms with van der Waals surface area (Å²) in [6, 6.07) is 11.7. The molecular weight excluding hydrogens is 387 g/mol. The van der Waals surface area contributed by atoms with Crippen molar-refractivity contribution in [2.24, 2.45) is 0 Å². The van der Waals surface area contributed by atoms with E-state index in [1.165, 1.54) is 13.2 Å². The van der Waals surface area contributed by atoms with Crippen LogP contribution in [0.2, 0.25) is 0 Å². The summed E-state index contributed by atoms with van der Waals surface area (Å²) in [5, 5.41) is 3.38. The molecular formula is C16H11BrF3N3O. The molecule has 124 valence electrons. The van der Waals surface area contributed by atoms with Crippen molar-refractivity contribution in [1.82, 2.24) is 9.97 Å². The number of rotatable bonds is 3. The molecule has 0 atom stereocenters. The fraction of sp³-hybridized carbons (Fsp3) is 0.125. The van der Waals surface area contributed by atoms with E-state index in [9.17, 15) is 13.2 Å². The lowest BCUT2D eigenvalue weighted by molar-refractivity contribution is -0.144. The molecule has 8 heteroatoms. The molecule has 3 rings (SSSR count). The quantitative estimate of drug-likeness (QED) is 0.662. The van der Waals surface area contributed by atoms with Gasteiger partial charge in [-0.1, -0.05) is 15.9 Å². The zero-order valence-corrected chi connectivity index (χ0v) is 13.9. The van der Waals surface area contributed by atoms with E-state index in [4.69, 9.17) is 4.74 Å². The molecule has 1 aromatic heterocycles. The van der Waals surface area contributed by atoms with Crippen LogP contribution in [0.3, 0.4) is 0 Å². The monoisotopic (exact) mass is 397 g/mol. The smallest absolute Gasteiger partial charge is 0.451 e. The van der Waals surface area contributed by atoms with Gasteiger partial charge in [-0.05, 0) is 36.4 Å². The van der Waals surface area contributed by atoms with Crippen LogP contribution < -0.4 is 10.1 Å². The van der Waals surface area contributed by atoms with Crippen molar-refractivity contribution in [1.29, 1.82) is 0 Å². The highest BCUT2D eigenvalue weighted by Crippen LogP contribution is 2.33. The Hall–Kier alpha value is -2.35. The summed E-state index contributed by atoms with van der Waals surface area (Å²) in [5.74, 6) is -0.705. The number of hydrogen-bond donors (Lipinski definition) is 1. The maximum atomic E-state index is 13.1. The third kappa shape index (κ3) is 3.43. The van der Waals surface area contributed by atoms with Gasteiger partial charge >= 0.3 is 6.18 Å². The van der Waals surface area contributed by atoms with Gasteiger partial charge in [-0.3, -0.25) is 0 Å². The molecule has 0 amide bonds. The average molecular weight is 398 g/mol. The van der Waals surface area contributed by atoms with E-state index in [0.717, 1.165) is 4.47 Å². The maximum Gasteiger partial charge on any atom is 0.451 e. The highest BCUT2D eigenvalue weighted by atomic mass is 79.9. The average Bonchev–Trinajstić information content (AvgIpc) is 2.55. The molecule has 0 bridgehead atoms. The molecule has 2 aromatic carbocycles. The number of fused-ring (bicyclic) bond motifs is 1. The minimum atomic E-state index is -4.65. The molecule has 0 saturated heterocycles. The Bertz CT molecular complexity index is 882. The van der Waals surface area contributed by atoms with Gasteiger partial charge in [0.15, 0.2) is 0 Å². The molecule has 1 heterocycles. The highest BCUT2D eigenvalue weighted by molar-refractivity contribution is 9.10. The van der Waals surface area contributed by atoms with E-state index in [2.05, 4.69) is 31.2 Å². The van der Waals surface area contributed by atoms with Gasteiger partial charge in [0.05, 0.1) is 12.6 Å². The molecule has 0 fully saturated rings. The first-order valence-electron chi connectivity index (χ1n) is 6.82. The van der Waals surface area contributed by atoms with Crippen molar-refractivity contribution >= 4 is 38.3 Å². The van der Waals surface area contributed by atoms with E-state index in [1.807, 2.05) is 0 Å². The van der Waals surface area contributed by atoms with Crippen LogP contribution in [0.15, 0.2) is 46.9 Å². The summed E-state index contributed by atoms with van der Waals surface area (Å²) in [6.45, 7) is 0. The number of nitrogens with zero attached hydrogens (tertiary/aromatic N) is 2. The first-order valence-corrected chi connectivity index (χ1v) is 7.62. The Morgan fingerprint density at radius 2 is 1.75 bits per heavy atom. The molecule has 0 aliphatic carbocycles. The maximum absolute atomic E-state index is 13.1. The van der Waals surface area contributed by atoms with Crippen LogP contribution in [0, 0.1) is 0 Å². The summed E-state index contributed by atoms with van der Waals surface area (Å²) in [5.41, 5.74) is 0.762. The number of anilines is 2. The summed E-state index contributed by atoms with van der Waals surface area (Å²) in [6.07, 6.45) is -4.65. The summed E-state index contributed by atoms with van der Waals surface area (Å²) in [7, 11) is 1.44. The molecule has 1 N–H and O–H groups in total. The lowest BCUT2D eigenvalue weighted by Gasteiger charge is -2.13. The number of alkyl halides is 3. The lowest BCUT2D eigenvalue weighted by atomic mass is 10.2. The van der Waals surface area contributed by atoms with Gasteiger partial charge < -0.3 is 10.1 Å². The lowest BCUT2D eigenvalue weighted by Crippen LogP contribution is -2.12. The van der Waals surface area contributed by atoms with Gasteiger partial charge in [0, 0.05) is 21.6 Å². The molecule has 24 heavy (non-hydrogen) atoms. The van der Waals surface area contributed by atoms with E-state index >= 15 is 0 Å². The number of benzene rings is 2. The second-order valence-corrected chi connectivity index (χ2v) is 5.82. The van der Waals surface area contributed by atoms with Crippen LogP contribution in [0.1, 0.15) is 5.82 Å². The number of ether oxygens (including phenoxy) is 1. The molecule has 0 aliphatic heterocycles. The highest BCUT2D eigenvalue weighted by Gasteiger charge is 2.35. The van der Waals surface area contributed by atoms with Crippen molar-refractivity contribution in [3.8, 4) is 5.75 Å². The second-order valence-electron chi connectivity index (χ2n) is 4.91. The van der Waals surface area contributed by atoms with Gasteiger partial charge in [-0.15, -0.1) is 0 Å². The third-order valence-corrected chi connectivity index (χ3v) is 3.79. The van der Waals surface area contributed by atoms with E-state index < -0.39 is 12.0 Å². The van der Waals surface area contributed by atoms with Crippen LogP contribution in [-0.2, 0) is 6.18 Å². The van der Waals surface area contributed by atoms with Crippen LogP contribution in [0.25, 0.3) is 10.9 Å². The first-order chi connectivity index (χ1) is 11.4. The van der Waals surface area contributed by atoms with E-state index in [0.29, 0.717) is 16.8 Å². The summed E-state index contributed by atoms with van der Waals surface area (Å²) >= 11 is 3.31. The molecule has 4 nitrogen and oxygen atoms in total. The second kappa shape index (κ2) is 6.27. The zero-order valence-electron chi connectivity index (χ0n) is 12.4. The van der Waals surface area contributed by atoms with E-state index in [-0.39, 0.29) is 11.3 Å². The minimum Gasteiger partial charge on any atom is -0.497 e. The normalized spacial score (nSPS) is 11.5. The Morgan fingerprint density at radius 1 is 1.04 bits per heavy atom. The van der Waals surface area contributed by atoms with Gasteiger partial charge in [0.25, 0.3) is 0 Å². The van der Waals surface area contributed by atoms with Crippen LogP contribution in [-0.4, -0.2) is 17.1 Å². The molecule has 0 spiro atoms. The van der Waals surface area contributed by atoms with E-state index in [1.54, 1.807) is 36.4 Å². The minimum absolute atomic E-state index is 0.0808. The van der Waals surface area contributed by atoms with Crippen molar-refractivity contribution in [3.05, 3.63) is 52.8 Å². The SMILES string of the molecule is COc1ccc2c(Nc3ccc(Br)cc3)nc(C(F)(F)F)nc2c1. The van der Waals surface area contributed by atoms with Crippen molar-refractivity contribution < 1.29 is 17.9 Å². The number of methoxy groups -OCH3 is 1. The Labute approximate surface area is 143 Å². The van der Waals surface area contributed by atoms with Gasteiger partial charge in [-0.25, -0.2) is 9.97 Å². The predicted octanol–water partition coefficient (Wildman–Crippen LogP) is 5.16. The molecule has 3 aromatic rings. The topological polar surface area (TPSA) is 47.0 Å². The van der Waals surface area contributed by atoms with Crippen LogP contribution >= 0.6 is 15.9 Å². The standard InChI is InChI=1S/C16H11BrF3N3O/c1-24-11-6-7-12-13(8-11)22-15(16(18,19)20)23-14(12)21-10-4-2-9(17)3-5-10/h2-8H,1H3,(H,21,22,23). The summed E-state index contributed by atoms with van der Waals surface area (Å²) in [4.78, 5) is 7.25. The zero-order chi connectivity index (χ0) is 17.3. The molecule has 0 saturated carbocycles. The largest absolute Gasteiger partial charge is 0.497 e.